The molecule has 3 N–H and O–H groups in total. The van der Waals surface area contributed by atoms with E-state index in [1.165, 1.54) is 0 Å². The van der Waals surface area contributed by atoms with Gasteiger partial charge in [-0.3, -0.25) is 0 Å². The summed E-state index contributed by atoms with van der Waals surface area (Å²) in [4.78, 5) is 23.1. The molecule has 0 aliphatic carbocycles. The molecule has 0 bridgehead atoms. The molecule has 0 aliphatic heterocycles. The van der Waals surface area contributed by atoms with Crippen molar-refractivity contribution in [3.8, 4) is 0 Å². The third kappa shape index (κ3) is 3.98. The van der Waals surface area contributed by atoms with Gasteiger partial charge in [0.15, 0.2) is 6.10 Å². The first-order valence-electron chi connectivity index (χ1n) is 7.32. The van der Waals surface area contributed by atoms with E-state index < -0.39 is 23.6 Å². The maximum Gasteiger partial charge on any atom is 0.339 e. The first-order chi connectivity index (χ1) is 11.5. The lowest BCUT2D eigenvalue weighted by atomic mass is 9.88. The van der Waals surface area contributed by atoms with Crippen LogP contribution < -0.4 is 0 Å². The average Bonchev–Trinajstić information content (AvgIpc) is 2.59. The molecule has 0 aromatic heterocycles. The number of carboxylic acid groups (broad SMARTS) is 2. The van der Waals surface area contributed by atoms with Crippen molar-refractivity contribution in [2.75, 3.05) is 0 Å². The molecule has 0 spiro atoms. The molecule has 0 heterocycles. The van der Waals surface area contributed by atoms with Crippen molar-refractivity contribution in [3.63, 3.8) is 0 Å². The quantitative estimate of drug-likeness (QED) is 0.681. The summed E-state index contributed by atoms with van der Waals surface area (Å²) < 4.78 is 5.47. The summed E-state index contributed by atoms with van der Waals surface area (Å²) in [5.41, 5.74) is -1.06. The third-order valence-corrected chi connectivity index (χ3v) is 3.69. The van der Waals surface area contributed by atoms with E-state index in [1.54, 1.807) is 60.7 Å². The smallest absolute Gasteiger partial charge is 0.339 e. The molecule has 6 nitrogen and oxygen atoms in total. The van der Waals surface area contributed by atoms with Gasteiger partial charge in [0.2, 0.25) is 5.60 Å². The number of aliphatic carboxylic acids is 2. The first kappa shape index (κ1) is 17.7. The van der Waals surface area contributed by atoms with Gasteiger partial charge in [0.05, 0.1) is 6.61 Å². The predicted molar refractivity (Wildman–Crippen MR) is 85.4 cm³/mol. The lowest BCUT2D eigenvalue weighted by molar-refractivity contribution is -0.195. The molecule has 2 aromatic rings. The summed E-state index contributed by atoms with van der Waals surface area (Å²) in [7, 11) is 0. The number of carboxylic acids is 2. The van der Waals surface area contributed by atoms with Gasteiger partial charge in [-0.05, 0) is 11.1 Å². The number of hydrogen-bond acceptors (Lipinski definition) is 4. The minimum absolute atomic E-state index is 0.135. The van der Waals surface area contributed by atoms with Crippen molar-refractivity contribution in [2.45, 2.75) is 24.7 Å². The van der Waals surface area contributed by atoms with Crippen LogP contribution in [0.15, 0.2) is 60.7 Å². The Hall–Kier alpha value is -2.70. The van der Waals surface area contributed by atoms with Crippen molar-refractivity contribution in [2.24, 2.45) is 0 Å². The molecule has 0 aliphatic rings. The molecule has 0 saturated heterocycles. The Kier molecular flexibility index (Phi) is 5.68. The van der Waals surface area contributed by atoms with Gasteiger partial charge in [-0.2, -0.15) is 0 Å². The SMILES string of the molecule is O=C(O)C(O)[C@@](Cc1ccccc1)(OCc1ccccc1)C(=O)O. The van der Waals surface area contributed by atoms with Crippen LogP contribution >= 0.6 is 0 Å². The first-order valence-corrected chi connectivity index (χ1v) is 7.32. The Morgan fingerprint density at radius 2 is 1.42 bits per heavy atom. The number of benzene rings is 2. The lowest BCUT2D eigenvalue weighted by Crippen LogP contribution is -2.56. The molecule has 0 radical (unpaired) electrons. The van der Waals surface area contributed by atoms with Gasteiger partial charge in [-0.15, -0.1) is 0 Å². The molecular formula is C18H18O6. The maximum absolute atomic E-state index is 11.8. The van der Waals surface area contributed by atoms with Gasteiger partial charge in [0.1, 0.15) is 0 Å². The Balaban J connectivity index is 2.34. The van der Waals surface area contributed by atoms with Crippen LogP contribution in [-0.4, -0.2) is 39.0 Å². The van der Waals surface area contributed by atoms with Crippen LogP contribution in [0.3, 0.4) is 0 Å². The minimum Gasteiger partial charge on any atom is -0.479 e. The molecule has 2 atom stereocenters. The fraction of sp³-hybridized carbons (Fsp3) is 0.222. The van der Waals surface area contributed by atoms with Crippen molar-refractivity contribution in [3.05, 3.63) is 71.8 Å². The van der Waals surface area contributed by atoms with Crippen LogP contribution in [0.4, 0.5) is 0 Å². The maximum atomic E-state index is 11.8. The van der Waals surface area contributed by atoms with Crippen LogP contribution in [0.25, 0.3) is 0 Å². The van der Waals surface area contributed by atoms with Crippen molar-refractivity contribution < 1.29 is 29.6 Å². The normalized spacial score (nSPS) is 14.5. The van der Waals surface area contributed by atoms with Crippen LogP contribution in [-0.2, 0) is 27.4 Å². The number of ether oxygens (including phenoxy) is 1. The van der Waals surface area contributed by atoms with Gasteiger partial charge < -0.3 is 20.1 Å². The molecule has 2 rings (SSSR count). The fourth-order valence-corrected chi connectivity index (χ4v) is 2.37. The highest BCUT2D eigenvalue weighted by molar-refractivity contribution is 5.87. The number of carbonyl (C=O) groups is 2. The van der Waals surface area contributed by atoms with E-state index in [4.69, 9.17) is 9.84 Å². The Labute approximate surface area is 138 Å². The molecular weight excluding hydrogens is 312 g/mol. The summed E-state index contributed by atoms with van der Waals surface area (Å²) in [5.74, 6) is -3.18. The average molecular weight is 330 g/mol. The molecule has 6 heteroatoms. The van der Waals surface area contributed by atoms with Crippen LogP contribution in [0.5, 0.6) is 0 Å². The lowest BCUT2D eigenvalue weighted by Gasteiger charge is -2.32. The summed E-state index contributed by atoms with van der Waals surface area (Å²) in [6.07, 6.45) is -2.48. The van der Waals surface area contributed by atoms with E-state index in [0.717, 1.165) is 0 Å². The van der Waals surface area contributed by atoms with Gasteiger partial charge in [-0.25, -0.2) is 9.59 Å². The Morgan fingerprint density at radius 3 is 1.88 bits per heavy atom. The second-order valence-corrected chi connectivity index (χ2v) is 5.37. The van der Waals surface area contributed by atoms with Crippen molar-refractivity contribution in [1.82, 2.24) is 0 Å². The number of hydrogen-bond donors (Lipinski definition) is 3. The summed E-state index contributed by atoms with van der Waals surface area (Å²) in [6, 6.07) is 17.2. The topological polar surface area (TPSA) is 104 Å². The van der Waals surface area contributed by atoms with E-state index in [9.17, 15) is 19.8 Å². The standard InChI is InChI=1S/C18H18O6/c19-15(16(20)21)18(17(22)23,11-13-7-3-1-4-8-13)24-12-14-9-5-2-6-10-14/h1-10,15,19H,11-12H2,(H,20,21)(H,22,23)/t15?,18-/m1/s1. The third-order valence-electron chi connectivity index (χ3n) is 3.69. The molecule has 1 unspecified atom stereocenters. The van der Waals surface area contributed by atoms with Gasteiger partial charge in [0.25, 0.3) is 0 Å². The van der Waals surface area contributed by atoms with E-state index in [1.807, 2.05) is 0 Å². The largest absolute Gasteiger partial charge is 0.479 e. The van der Waals surface area contributed by atoms with Gasteiger partial charge in [-0.1, -0.05) is 60.7 Å². The number of aliphatic hydroxyl groups is 1. The van der Waals surface area contributed by atoms with E-state index >= 15 is 0 Å². The van der Waals surface area contributed by atoms with Crippen LogP contribution in [0.1, 0.15) is 11.1 Å². The molecule has 0 saturated carbocycles. The van der Waals surface area contributed by atoms with Crippen molar-refractivity contribution >= 4 is 11.9 Å². The molecule has 2 aromatic carbocycles. The Morgan fingerprint density at radius 1 is 0.917 bits per heavy atom. The summed E-state index contributed by atoms with van der Waals surface area (Å²) >= 11 is 0. The van der Waals surface area contributed by atoms with Crippen LogP contribution in [0.2, 0.25) is 0 Å². The minimum atomic E-state index is -2.29. The molecule has 0 amide bonds. The summed E-state index contributed by atoms with van der Waals surface area (Å²) in [5, 5.41) is 28.8. The monoisotopic (exact) mass is 330 g/mol. The van der Waals surface area contributed by atoms with E-state index in [0.29, 0.717) is 11.1 Å². The zero-order chi connectivity index (χ0) is 17.6. The number of aliphatic hydroxyl groups excluding tert-OH is 1. The highest BCUT2D eigenvalue weighted by Crippen LogP contribution is 2.25. The predicted octanol–water partition coefficient (Wildman–Crippen LogP) is 1.71. The van der Waals surface area contributed by atoms with Crippen LogP contribution in [0, 0.1) is 0 Å². The number of rotatable bonds is 8. The van der Waals surface area contributed by atoms with Gasteiger partial charge >= 0.3 is 11.9 Å². The van der Waals surface area contributed by atoms with E-state index in [2.05, 4.69) is 0 Å². The summed E-state index contributed by atoms with van der Waals surface area (Å²) in [6.45, 7) is -0.135. The zero-order valence-electron chi connectivity index (χ0n) is 12.8. The molecule has 24 heavy (non-hydrogen) atoms. The zero-order valence-corrected chi connectivity index (χ0v) is 12.8. The molecule has 126 valence electrons. The Bertz CT molecular complexity index is 685. The highest BCUT2D eigenvalue weighted by Gasteiger charge is 2.50. The van der Waals surface area contributed by atoms with Gasteiger partial charge in [0, 0.05) is 6.42 Å². The van der Waals surface area contributed by atoms with E-state index in [-0.39, 0.29) is 13.0 Å². The fourth-order valence-electron chi connectivity index (χ4n) is 2.37. The highest BCUT2D eigenvalue weighted by atomic mass is 16.5. The molecule has 0 fully saturated rings. The van der Waals surface area contributed by atoms with Crippen molar-refractivity contribution in [1.29, 1.82) is 0 Å². The second-order valence-electron chi connectivity index (χ2n) is 5.37. The second kappa shape index (κ2) is 7.72.